The fourth-order valence-corrected chi connectivity index (χ4v) is 2.83. The zero-order valence-corrected chi connectivity index (χ0v) is 11.9. The SMILES string of the molecule is CCC1CCCC(Nc2ncnc(NC)c2[N+](=O)[O-])C1. The van der Waals surface area contributed by atoms with E-state index in [-0.39, 0.29) is 17.5 Å². The first kappa shape index (κ1) is 14.5. The lowest BCUT2D eigenvalue weighted by atomic mass is 9.84. The zero-order chi connectivity index (χ0) is 14.5. The lowest BCUT2D eigenvalue weighted by molar-refractivity contribution is -0.383. The molecule has 1 aliphatic rings. The van der Waals surface area contributed by atoms with Gasteiger partial charge in [-0.2, -0.15) is 0 Å². The summed E-state index contributed by atoms with van der Waals surface area (Å²) in [5.74, 6) is 1.26. The van der Waals surface area contributed by atoms with Gasteiger partial charge in [-0.05, 0) is 18.8 Å². The van der Waals surface area contributed by atoms with Crippen molar-refractivity contribution in [1.82, 2.24) is 9.97 Å². The number of anilines is 2. The summed E-state index contributed by atoms with van der Waals surface area (Å²) in [4.78, 5) is 18.7. The second kappa shape index (κ2) is 6.49. The largest absolute Gasteiger partial charge is 0.367 e. The van der Waals surface area contributed by atoms with Crippen molar-refractivity contribution >= 4 is 17.3 Å². The first-order valence-corrected chi connectivity index (χ1v) is 7.09. The fraction of sp³-hybridized carbons (Fsp3) is 0.692. The van der Waals surface area contributed by atoms with Gasteiger partial charge in [-0.1, -0.05) is 26.2 Å². The molecule has 7 nitrogen and oxygen atoms in total. The molecule has 2 rings (SSSR count). The molecular formula is C13H21N5O2. The van der Waals surface area contributed by atoms with Crippen molar-refractivity contribution in [3.05, 3.63) is 16.4 Å². The third kappa shape index (κ3) is 3.15. The first-order chi connectivity index (χ1) is 9.65. The Morgan fingerprint density at radius 2 is 2.15 bits per heavy atom. The van der Waals surface area contributed by atoms with E-state index >= 15 is 0 Å². The number of hydrogen-bond donors (Lipinski definition) is 2. The van der Waals surface area contributed by atoms with Gasteiger partial charge in [-0.15, -0.1) is 0 Å². The molecule has 1 aromatic heterocycles. The standard InChI is InChI=1S/C13H21N5O2/c1-3-9-5-4-6-10(7-9)17-13-11(18(19)20)12(14-2)15-8-16-13/h8-10H,3-7H2,1-2H3,(H2,14,15,16,17). The van der Waals surface area contributed by atoms with Crippen LogP contribution in [0.3, 0.4) is 0 Å². The Hall–Kier alpha value is -1.92. The average Bonchev–Trinajstić information content (AvgIpc) is 2.46. The molecule has 0 spiro atoms. The second-order valence-electron chi connectivity index (χ2n) is 5.21. The highest BCUT2D eigenvalue weighted by Crippen LogP contribution is 2.33. The molecule has 1 aromatic rings. The van der Waals surface area contributed by atoms with Gasteiger partial charge >= 0.3 is 5.69 Å². The van der Waals surface area contributed by atoms with Crippen LogP contribution in [-0.4, -0.2) is 28.0 Å². The molecule has 1 saturated carbocycles. The monoisotopic (exact) mass is 279 g/mol. The molecule has 1 aliphatic carbocycles. The van der Waals surface area contributed by atoms with E-state index in [1.165, 1.54) is 12.7 Å². The van der Waals surface area contributed by atoms with Crippen molar-refractivity contribution in [2.45, 2.75) is 45.1 Å². The quantitative estimate of drug-likeness (QED) is 0.636. The Morgan fingerprint density at radius 3 is 2.80 bits per heavy atom. The Labute approximate surface area is 118 Å². The van der Waals surface area contributed by atoms with E-state index in [1.807, 2.05) is 0 Å². The zero-order valence-electron chi connectivity index (χ0n) is 11.9. The summed E-state index contributed by atoms with van der Waals surface area (Å²) in [6.07, 6.45) is 7.00. The van der Waals surface area contributed by atoms with E-state index in [0.29, 0.717) is 11.7 Å². The van der Waals surface area contributed by atoms with Crippen molar-refractivity contribution in [2.75, 3.05) is 17.7 Å². The van der Waals surface area contributed by atoms with Gasteiger partial charge in [0.05, 0.1) is 4.92 Å². The van der Waals surface area contributed by atoms with Crippen LogP contribution < -0.4 is 10.6 Å². The summed E-state index contributed by atoms with van der Waals surface area (Å²) in [5.41, 5.74) is -0.0754. The predicted molar refractivity (Wildman–Crippen MR) is 77.9 cm³/mol. The molecule has 1 fully saturated rings. The maximum atomic E-state index is 11.2. The minimum Gasteiger partial charge on any atom is -0.367 e. The maximum Gasteiger partial charge on any atom is 0.353 e. The molecule has 0 aromatic carbocycles. The minimum atomic E-state index is -0.436. The molecule has 110 valence electrons. The molecule has 2 unspecified atom stereocenters. The third-order valence-corrected chi connectivity index (χ3v) is 3.94. The summed E-state index contributed by atoms with van der Waals surface area (Å²) >= 11 is 0. The van der Waals surface area contributed by atoms with Gasteiger partial charge in [0.15, 0.2) is 0 Å². The lowest BCUT2D eigenvalue weighted by Gasteiger charge is -2.29. The lowest BCUT2D eigenvalue weighted by Crippen LogP contribution is -2.28. The average molecular weight is 279 g/mol. The Balaban J connectivity index is 2.18. The summed E-state index contributed by atoms with van der Waals surface area (Å²) < 4.78 is 0. The van der Waals surface area contributed by atoms with Gasteiger partial charge in [0.2, 0.25) is 11.6 Å². The number of hydrogen-bond acceptors (Lipinski definition) is 6. The molecule has 20 heavy (non-hydrogen) atoms. The highest BCUT2D eigenvalue weighted by Gasteiger charge is 2.26. The normalized spacial score (nSPS) is 22.3. The van der Waals surface area contributed by atoms with E-state index in [9.17, 15) is 10.1 Å². The smallest absolute Gasteiger partial charge is 0.353 e. The fourth-order valence-electron chi connectivity index (χ4n) is 2.83. The molecule has 0 aliphatic heterocycles. The Kier molecular flexibility index (Phi) is 4.70. The third-order valence-electron chi connectivity index (χ3n) is 3.94. The molecular weight excluding hydrogens is 258 g/mol. The second-order valence-corrected chi connectivity index (χ2v) is 5.21. The Bertz CT molecular complexity index is 480. The summed E-state index contributed by atoms with van der Waals surface area (Å²) in [5, 5.41) is 17.2. The summed E-state index contributed by atoms with van der Waals surface area (Å²) in [6, 6.07) is 0.256. The van der Waals surface area contributed by atoms with Crippen molar-refractivity contribution in [2.24, 2.45) is 5.92 Å². The van der Waals surface area contributed by atoms with E-state index in [2.05, 4.69) is 27.5 Å². The summed E-state index contributed by atoms with van der Waals surface area (Å²) in [6.45, 7) is 2.19. The summed E-state index contributed by atoms with van der Waals surface area (Å²) in [7, 11) is 1.62. The Morgan fingerprint density at radius 1 is 1.40 bits per heavy atom. The number of nitrogens with one attached hydrogen (secondary N) is 2. The van der Waals surface area contributed by atoms with Crippen LogP contribution in [-0.2, 0) is 0 Å². The van der Waals surface area contributed by atoms with Crippen molar-refractivity contribution in [3.63, 3.8) is 0 Å². The van der Waals surface area contributed by atoms with Gasteiger partial charge in [0.25, 0.3) is 0 Å². The molecule has 0 radical (unpaired) electrons. The first-order valence-electron chi connectivity index (χ1n) is 7.09. The van der Waals surface area contributed by atoms with Crippen LogP contribution in [0.15, 0.2) is 6.33 Å². The molecule has 0 saturated heterocycles. The van der Waals surface area contributed by atoms with E-state index in [4.69, 9.17) is 0 Å². The molecule has 0 amide bonds. The number of nitrogens with zero attached hydrogens (tertiary/aromatic N) is 3. The molecule has 2 N–H and O–H groups in total. The van der Waals surface area contributed by atoms with Crippen molar-refractivity contribution in [1.29, 1.82) is 0 Å². The topological polar surface area (TPSA) is 93.0 Å². The maximum absolute atomic E-state index is 11.2. The molecule has 7 heteroatoms. The van der Waals surface area contributed by atoms with Crippen LogP contribution in [0.1, 0.15) is 39.0 Å². The number of nitro groups is 1. The molecule has 2 atom stereocenters. The number of rotatable bonds is 5. The van der Waals surface area contributed by atoms with Crippen LogP contribution >= 0.6 is 0 Å². The van der Waals surface area contributed by atoms with Crippen LogP contribution in [0, 0.1) is 16.0 Å². The predicted octanol–water partition coefficient (Wildman–Crippen LogP) is 2.81. The van der Waals surface area contributed by atoms with E-state index in [1.54, 1.807) is 7.05 Å². The van der Waals surface area contributed by atoms with Gasteiger partial charge in [0, 0.05) is 13.1 Å². The van der Waals surface area contributed by atoms with E-state index < -0.39 is 4.92 Å². The highest BCUT2D eigenvalue weighted by atomic mass is 16.6. The van der Waals surface area contributed by atoms with Crippen molar-refractivity contribution < 1.29 is 4.92 Å². The molecule has 0 bridgehead atoms. The molecule has 1 heterocycles. The minimum absolute atomic E-state index is 0.0754. The van der Waals surface area contributed by atoms with Crippen LogP contribution in [0.5, 0.6) is 0 Å². The van der Waals surface area contributed by atoms with Gasteiger partial charge in [-0.3, -0.25) is 10.1 Å². The highest BCUT2D eigenvalue weighted by molar-refractivity contribution is 5.69. The van der Waals surface area contributed by atoms with Gasteiger partial charge < -0.3 is 10.6 Å². The van der Waals surface area contributed by atoms with Crippen LogP contribution in [0.25, 0.3) is 0 Å². The van der Waals surface area contributed by atoms with Gasteiger partial charge in [0.1, 0.15) is 6.33 Å². The van der Waals surface area contributed by atoms with Crippen LogP contribution in [0.2, 0.25) is 0 Å². The van der Waals surface area contributed by atoms with Crippen LogP contribution in [0.4, 0.5) is 17.3 Å². The number of aromatic nitrogens is 2. The van der Waals surface area contributed by atoms with Crippen molar-refractivity contribution in [3.8, 4) is 0 Å². The van der Waals surface area contributed by atoms with E-state index in [0.717, 1.165) is 25.7 Å². The van der Waals surface area contributed by atoms with Gasteiger partial charge in [-0.25, -0.2) is 9.97 Å².